The average Bonchev–Trinajstić information content (AvgIpc) is 2.45. The summed E-state index contributed by atoms with van der Waals surface area (Å²) >= 11 is 0. The molecular formula is C5H13NO3Si. The molecule has 0 bridgehead atoms. The fraction of sp³-hybridized carbons (Fsp3) is 1.00. The van der Waals surface area contributed by atoms with Crippen molar-refractivity contribution >= 4 is 8.80 Å². The van der Waals surface area contributed by atoms with Crippen LogP contribution in [0.15, 0.2) is 0 Å². The summed E-state index contributed by atoms with van der Waals surface area (Å²) in [6.45, 7) is 1.04. The lowest BCUT2D eigenvalue weighted by molar-refractivity contribution is 0.226. The Kier molecular flexibility index (Phi) is 2.43. The van der Waals surface area contributed by atoms with Crippen LogP contribution in [-0.2, 0) is 0 Å². The topological polar surface area (TPSA) is 82.6 Å². The normalized spacial score (nSPS) is 24.9. The highest BCUT2D eigenvalue weighted by Crippen LogP contribution is 2.11. The molecule has 0 radical (unpaired) electrons. The third-order valence-corrected chi connectivity index (χ3v) is 2.58. The van der Waals surface area contributed by atoms with Gasteiger partial charge in [-0.1, -0.05) is 0 Å². The molecule has 1 aliphatic rings. The number of rotatable bonds is 4. The van der Waals surface area contributed by atoms with Crippen molar-refractivity contribution in [2.75, 3.05) is 6.54 Å². The zero-order chi connectivity index (χ0) is 7.61. The minimum Gasteiger partial charge on any atom is -0.390 e. The minimum absolute atomic E-state index is 0.172. The Morgan fingerprint density at radius 2 is 2.00 bits per heavy atom. The van der Waals surface area contributed by atoms with Gasteiger partial charge in [-0.25, -0.2) is 0 Å². The minimum atomic E-state index is -3.72. The van der Waals surface area contributed by atoms with Crippen molar-refractivity contribution in [3.8, 4) is 0 Å². The van der Waals surface area contributed by atoms with Crippen LogP contribution in [0.25, 0.3) is 0 Å². The molecule has 1 unspecified atom stereocenters. The van der Waals surface area contributed by atoms with E-state index in [9.17, 15) is 0 Å². The van der Waals surface area contributed by atoms with Crippen LogP contribution in [0.2, 0.25) is 6.04 Å². The molecule has 0 saturated carbocycles. The molecule has 1 aliphatic heterocycles. The second kappa shape index (κ2) is 2.98. The summed E-state index contributed by atoms with van der Waals surface area (Å²) < 4.78 is 0. The summed E-state index contributed by atoms with van der Waals surface area (Å²) in [6, 6.07) is 0.738. The Morgan fingerprint density at radius 3 is 2.40 bits per heavy atom. The van der Waals surface area contributed by atoms with Gasteiger partial charge in [0.05, 0.1) is 0 Å². The third-order valence-electron chi connectivity index (χ3n) is 1.56. The maximum absolute atomic E-state index is 8.58. The highest BCUT2D eigenvalue weighted by molar-refractivity contribution is 6.56. The van der Waals surface area contributed by atoms with Crippen LogP contribution >= 0.6 is 0 Å². The molecule has 0 aromatic heterocycles. The first-order valence-electron chi connectivity index (χ1n) is 3.48. The number of nitrogens with one attached hydrogen (secondary N) is 1. The van der Waals surface area contributed by atoms with Gasteiger partial charge in [0.25, 0.3) is 0 Å². The van der Waals surface area contributed by atoms with Crippen LogP contribution in [0.3, 0.4) is 0 Å². The predicted molar refractivity (Wildman–Crippen MR) is 38.2 cm³/mol. The fourth-order valence-corrected chi connectivity index (χ4v) is 1.55. The summed E-state index contributed by atoms with van der Waals surface area (Å²) in [7, 11) is -3.72. The molecule has 0 aliphatic carbocycles. The largest absolute Gasteiger partial charge is 0.492 e. The molecule has 4 N–H and O–H groups in total. The van der Waals surface area contributed by atoms with Gasteiger partial charge in [-0.05, 0) is 12.8 Å². The van der Waals surface area contributed by atoms with Crippen molar-refractivity contribution < 1.29 is 14.4 Å². The van der Waals surface area contributed by atoms with Crippen LogP contribution in [0.1, 0.15) is 12.8 Å². The van der Waals surface area contributed by atoms with E-state index < -0.39 is 8.80 Å². The van der Waals surface area contributed by atoms with E-state index in [1.54, 1.807) is 0 Å². The van der Waals surface area contributed by atoms with Crippen LogP contribution in [0.5, 0.6) is 0 Å². The molecule has 4 nitrogen and oxygen atoms in total. The van der Waals surface area contributed by atoms with E-state index in [1.807, 2.05) is 0 Å². The standard InChI is InChI=1S/C5H13NO3Si/c7-10(8,9)3-1-2-5-4-6-5/h5-9H,1-4H2. The van der Waals surface area contributed by atoms with Crippen molar-refractivity contribution in [3.05, 3.63) is 0 Å². The molecule has 1 atom stereocenters. The molecule has 1 fully saturated rings. The summed E-state index contributed by atoms with van der Waals surface area (Å²) in [6.07, 6.45) is 1.64. The van der Waals surface area contributed by atoms with Gasteiger partial charge in [0.15, 0.2) is 0 Å². The zero-order valence-corrected chi connectivity index (χ0v) is 6.75. The molecule has 1 heterocycles. The van der Waals surface area contributed by atoms with Crippen molar-refractivity contribution in [1.82, 2.24) is 5.32 Å². The number of hydrogen-bond acceptors (Lipinski definition) is 4. The van der Waals surface area contributed by atoms with E-state index in [1.165, 1.54) is 0 Å². The molecule has 60 valence electrons. The molecule has 5 heteroatoms. The quantitative estimate of drug-likeness (QED) is 0.305. The summed E-state index contributed by atoms with van der Waals surface area (Å²) in [5.74, 6) is 0. The summed E-state index contributed by atoms with van der Waals surface area (Å²) in [5.41, 5.74) is 0. The molecule has 0 amide bonds. The van der Waals surface area contributed by atoms with Crippen LogP contribution in [0.4, 0.5) is 0 Å². The van der Waals surface area contributed by atoms with Crippen LogP contribution < -0.4 is 5.32 Å². The summed E-state index contributed by atoms with van der Waals surface area (Å²) in [4.78, 5) is 25.7. The van der Waals surface area contributed by atoms with Gasteiger partial charge in [-0.2, -0.15) is 0 Å². The summed E-state index contributed by atoms with van der Waals surface area (Å²) in [5, 5.41) is 3.09. The van der Waals surface area contributed by atoms with Crippen molar-refractivity contribution in [2.24, 2.45) is 0 Å². The van der Waals surface area contributed by atoms with Gasteiger partial charge in [0.1, 0.15) is 0 Å². The lowest BCUT2D eigenvalue weighted by atomic mass is 10.3. The van der Waals surface area contributed by atoms with Gasteiger partial charge in [0.2, 0.25) is 0 Å². The van der Waals surface area contributed by atoms with Crippen LogP contribution in [-0.4, -0.2) is 35.8 Å². The SMILES string of the molecule is O[Si](O)(O)CCCC1CN1. The monoisotopic (exact) mass is 163 g/mol. The number of hydrogen-bond donors (Lipinski definition) is 4. The maximum atomic E-state index is 8.58. The Balaban J connectivity index is 1.93. The molecule has 0 aromatic carbocycles. The van der Waals surface area contributed by atoms with Crippen LogP contribution in [0, 0.1) is 0 Å². The van der Waals surface area contributed by atoms with Crippen molar-refractivity contribution in [3.63, 3.8) is 0 Å². The van der Waals surface area contributed by atoms with E-state index in [-0.39, 0.29) is 6.04 Å². The molecule has 0 spiro atoms. The molecule has 10 heavy (non-hydrogen) atoms. The average molecular weight is 163 g/mol. The Morgan fingerprint density at radius 1 is 1.40 bits per heavy atom. The molecule has 1 saturated heterocycles. The second-order valence-electron chi connectivity index (χ2n) is 2.77. The molecule has 0 aromatic rings. The van der Waals surface area contributed by atoms with E-state index in [0.29, 0.717) is 12.5 Å². The van der Waals surface area contributed by atoms with E-state index >= 15 is 0 Å². The second-order valence-corrected chi connectivity index (χ2v) is 4.82. The maximum Gasteiger partial charge on any atom is 0.492 e. The predicted octanol–water partition coefficient (Wildman–Crippen LogP) is -1.35. The lowest BCUT2D eigenvalue weighted by Gasteiger charge is -2.07. The van der Waals surface area contributed by atoms with Crippen molar-refractivity contribution in [1.29, 1.82) is 0 Å². The van der Waals surface area contributed by atoms with E-state index in [4.69, 9.17) is 14.4 Å². The highest BCUT2D eigenvalue weighted by Gasteiger charge is 2.27. The zero-order valence-electron chi connectivity index (χ0n) is 5.75. The molecular weight excluding hydrogens is 150 g/mol. The van der Waals surface area contributed by atoms with E-state index in [0.717, 1.165) is 13.0 Å². The van der Waals surface area contributed by atoms with Gasteiger partial charge in [-0.15, -0.1) is 0 Å². The van der Waals surface area contributed by atoms with Crippen molar-refractivity contribution in [2.45, 2.75) is 24.9 Å². The fourth-order valence-electron chi connectivity index (χ4n) is 0.873. The van der Waals surface area contributed by atoms with Gasteiger partial charge < -0.3 is 19.7 Å². The highest BCUT2D eigenvalue weighted by atomic mass is 28.4. The first-order chi connectivity index (χ1) is 4.58. The Labute approximate surface area is 60.9 Å². The van der Waals surface area contributed by atoms with Gasteiger partial charge in [-0.3, -0.25) is 0 Å². The van der Waals surface area contributed by atoms with Gasteiger partial charge >= 0.3 is 8.80 Å². The Hall–Kier alpha value is 0.0569. The van der Waals surface area contributed by atoms with Gasteiger partial charge in [0, 0.05) is 18.6 Å². The Bertz CT molecular complexity index is 110. The first-order valence-corrected chi connectivity index (χ1v) is 5.53. The molecule has 1 rings (SSSR count). The smallest absolute Gasteiger partial charge is 0.390 e. The van der Waals surface area contributed by atoms with E-state index in [2.05, 4.69) is 5.32 Å². The first kappa shape index (κ1) is 8.16. The lowest BCUT2D eigenvalue weighted by Crippen LogP contribution is -2.34. The third kappa shape index (κ3) is 3.97.